The van der Waals surface area contributed by atoms with Crippen molar-refractivity contribution in [2.75, 3.05) is 38.3 Å². The number of benzene rings is 2. The minimum absolute atomic E-state index is 0.354. The minimum Gasteiger partial charge on any atom is -0.465 e. The average Bonchev–Trinajstić information content (AvgIpc) is 3.16. The molecule has 1 fully saturated rings. The van der Waals surface area contributed by atoms with Gasteiger partial charge in [0.05, 0.1) is 48.0 Å². The van der Waals surface area contributed by atoms with Crippen LogP contribution in [0.2, 0.25) is 0 Å². The van der Waals surface area contributed by atoms with E-state index in [-0.39, 0.29) is 5.82 Å². The van der Waals surface area contributed by atoms with Crippen molar-refractivity contribution < 1.29 is 18.7 Å². The maximum Gasteiger partial charge on any atom is 0.340 e. The van der Waals surface area contributed by atoms with Crippen molar-refractivity contribution in [3.05, 3.63) is 59.3 Å². The van der Waals surface area contributed by atoms with Gasteiger partial charge in [0.1, 0.15) is 17.2 Å². The lowest BCUT2D eigenvalue weighted by Crippen LogP contribution is -2.36. The van der Waals surface area contributed by atoms with Crippen LogP contribution in [0.15, 0.2) is 36.5 Å². The summed E-state index contributed by atoms with van der Waals surface area (Å²) in [5, 5.41) is 0.422. The highest BCUT2D eigenvalue weighted by atomic mass is 19.1. The molecule has 0 unspecified atom stereocenters. The SMILES string of the molecule is COC(=O)c1cc(N2CCOCC2)cc2c1nc(C)n2-c1ccnc2c(C)ccc(F)c12. The molecule has 1 aliphatic heterocycles. The molecule has 5 rings (SSSR count). The second-order valence-electron chi connectivity index (χ2n) is 7.86. The number of ether oxygens (including phenoxy) is 2. The average molecular weight is 434 g/mol. The van der Waals surface area contributed by atoms with E-state index in [4.69, 9.17) is 9.47 Å². The predicted octanol–water partition coefficient (Wildman–Crippen LogP) is 3.95. The number of hydrogen-bond acceptors (Lipinski definition) is 6. The van der Waals surface area contributed by atoms with Crippen LogP contribution in [0.3, 0.4) is 0 Å². The Morgan fingerprint density at radius 1 is 1.12 bits per heavy atom. The van der Waals surface area contributed by atoms with Crippen LogP contribution in [0.1, 0.15) is 21.7 Å². The molecule has 0 N–H and O–H groups in total. The van der Waals surface area contributed by atoms with Gasteiger partial charge in [-0.2, -0.15) is 0 Å². The third-order valence-electron chi connectivity index (χ3n) is 5.96. The predicted molar refractivity (Wildman–Crippen MR) is 120 cm³/mol. The number of methoxy groups -OCH3 is 1. The lowest BCUT2D eigenvalue weighted by molar-refractivity contribution is 0.0603. The third-order valence-corrected chi connectivity index (χ3v) is 5.96. The van der Waals surface area contributed by atoms with E-state index in [1.165, 1.54) is 13.2 Å². The quantitative estimate of drug-likeness (QED) is 0.455. The molecule has 164 valence electrons. The molecule has 0 bridgehead atoms. The van der Waals surface area contributed by atoms with Crippen LogP contribution in [0.4, 0.5) is 10.1 Å². The summed E-state index contributed by atoms with van der Waals surface area (Å²) in [6, 6.07) is 8.76. The Morgan fingerprint density at radius 2 is 1.91 bits per heavy atom. The number of rotatable bonds is 3. The number of nitrogens with zero attached hydrogens (tertiary/aromatic N) is 4. The summed E-state index contributed by atoms with van der Waals surface area (Å²) in [6.07, 6.45) is 1.67. The van der Waals surface area contributed by atoms with Crippen LogP contribution in [-0.4, -0.2) is 53.9 Å². The number of carbonyl (C=O) groups excluding carboxylic acids is 1. The smallest absolute Gasteiger partial charge is 0.340 e. The van der Waals surface area contributed by atoms with E-state index in [9.17, 15) is 4.79 Å². The molecule has 0 radical (unpaired) electrons. The molecule has 1 saturated heterocycles. The maximum absolute atomic E-state index is 15.0. The van der Waals surface area contributed by atoms with E-state index in [1.54, 1.807) is 18.3 Å². The molecule has 8 heteroatoms. The number of imidazole rings is 1. The van der Waals surface area contributed by atoms with Gasteiger partial charge in [0.2, 0.25) is 0 Å². The summed E-state index contributed by atoms with van der Waals surface area (Å²) in [6.45, 7) is 6.40. The normalized spacial score (nSPS) is 14.3. The van der Waals surface area contributed by atoms with Crippen LogP contribution < -0.4 is 4.90 Å². The fourth-order valence-electron chi connectivity index (χ4n) is 4.38. The summed E-state index contributed by atoms with van der Waals surface area (Å²) < 4.78 is 27.4. The Labute approximate surface area is 184 Å². The van der Waals surface area contributed by atoms with Gasteiger partial charge in [0.15, 0.2) is 0 Å². The number of morpholine rings is 1. The molecule has 32 heavy (non-hydrogen) atoms. The number of halogens is 1. The van der Waals surface area contributed by atoms with Crippen LogP contribution in [-0.2, 0) is 9.47 Å². The molecule has 4 aromatic rings. The van der Waals surface area contributed by atoms with Gasteiger partial charge < -0.3 is 14.4 Å². The first-order chi connectivity index (χ1) is 15.5. The molecular weight excluding hydrogens is 411 g/mol. The van der Waals surface area contributed by atoms with Crippen molar-refractivity contribution in [3.63, 3.8) is 0 Å². The summed E-state index contributed by atoms with van der Waals surface area (Å²) in [7, 11) is 1.36. The summed E-state index contributed by atoms with van der Waals surface area (Å²) >= 11 is 0. The number of aryl methyl sites for hydroxylation is 2. The zero-order valence-electron chi connectivity index (χ0n) is 18.2. The molecule has 0 amide bonds. The monoisotopic (exact) mass is 434 g/mol. The lowest BCUT2D eigenvalue weighted by atomic mass is 10.1. The van der Waals surface area contributed by atoms with Crippen molar-refractivity contribution in [2.45, 2.75) is 13.8 Å². The fraction of sp³-hybridized carbons (Fsp3) is 0.292. The Kier molecular flexibility index (Phi) is 5.01. The largest absolute Gasteiger partial charge is 0.465 e. The molecule has 3 heterocycles. The van der Waals surface area contributed by atoms with E-state index in [0.29, 0.717) is 65.3 Å². The second-order valence-corrected chi connectivity index (χ2v) is 7.86. The summed E-state index contributed by atoms with van der Waals surface area (Å²) in [4.78, 5) is 23.9. The molecule has 2 aromatic carbocycles. The molecule has 7 nitrogen and oxygen atoms in total. The van der Waals surface area contributed by atoms with E-state index >= 15 is 4.39 Å². The second kappa shape index (κ2) is 7.87. The first-order valence-electron chi connectivity index (χ1n) is 10.5. The molecule has 0 saturated carbocycles. The molecule has 1 aliphatic rings. The Bertz CT molecular complexity index is 1360. The van der Waals surface area contributed by atoms with Crippen molar-refractivity contribution in [1.82, 2.24) is 14.5 Å². The van der Waals surface area contributed by atoms with Gasteiger partial charge in [0.25, 0.3) is 0 Å². The molecule has 2 aromatic heterocycles. The zero-order chi connectivity index (χ0) is 22.4. The van der Waals surface area contributed by atoms with E-state index in [2.05, 4.69) is 14.9 Å². The van der Waals surface area contributed by atoms with Crippen molar-refractivity contribution >= 4 is 33.6 Å². The molecule has 0 spiro atoms. The fourth-order valence-corrected chi connectivity index (χ4v) is 4.38. The first kappa shape index (κ1) is 20.4. The van der Waals surface area contributed by atoms with Crippen LogP contribution in [0.5, 0.6) is 0 Å². The first-order valence-corrected chi connectivity index (χ1v) is 10.5. The van der Waals surface area contributed by atoms with Crippen LogP contribution in [0, 0.1) is 19.7 Å². The number of hydrogen-bond donors (Lipinski definition) is 0. The standard InChI is InChI=1S/C24H23FN4O3/c1-14-4-5-18(25)21-19(6-7-26-22(14)21)29-15(2)27-23-17(24(30)31-3)12-16(13-20(23)29)28-8-10-32-11-9-28/h4-7,12-13H,8-11H2,1-3H3. The number of aromatic nitrogens is 3. The highest BCUT2D eigenvalue weighted by Gasteiger charge is 2.23. The van der Waals surface area contributed by atoms with Gasteiger partial charge in [-0.1, -0.05) is 6.07 Å². The van der Waals surface area contributed by atoms with E-state index in [0.717, 1.165) is 11.3 Å². The van der Waals surface area contributed by atoms with Crippen molar-refractivity contribution in [2.24, 2.45) is 0 Å². The lowest BCUT2D eigenvalue weighted by Gasteiger charge is -2.29. The van der Waals surface area contributed by atoms with E-state index in [1.807, 2.05) is 30.5 Å². The summed E-state index contributed by atoms with van der Waals surface area (Å²) in [5.41, 5.74) is 4.59. The number of fused-ring (bicyclic) bond motifs is 2. The van der Waals surface area contributed by atoms with Crippen LogP contribution >= 0.6 is 0 Å². The van der Waals surface area contributed by atoms with Gasteiger partial charge in [0, 0.05) is 25.0 Å². The topological polar surface area (TPSA) is 69.5 Å². The van der Waals surface area contributed by atoms with Crippen LogP contribution in [0.25, 0.3) is 27.6 Å². The summed E-state index contributed by atoms with van der Waals surface area (Å²) in [5.74, 6) is -0.179. The number of carbonyl (C=O) groups is 1. The van der Waals surface area contributed by atoms with Gasteiger partial charge in [-0.15, -0.1) is 0 Å². The van der Waals surface area contributed by atoms with E-state index < -0.39 is 5.97 Å². The molecule has 0 aliphatic carbocycles. The van der Waals surface area contributed by atoms with Crippen molar-refractivity contribution in [1.29, 1.82) is 0 Å². The number of esters is 1. The van der Waals surface area contributed by atoms with Gasteiger partial charge in [-0.3, -0.25) is 9.55 Å². The number of pyridine rings is 1. The highest BCUT2D eigenvalue weighted by Crippen LogP contribution is 2.33. The Hall–Kier alpha value is -3.52. The van der Waals surface area contributed by atoms with Gasteiger partial charge in [-0.05, 0) is 43.7 Å². The minimum atomic E-state index is -0.462. The molecule has 0 atom stereocenters. The Morgan fingerprint density at radius 3 is 2.66 bits per heavy atom. The van der Waals surface area contributed by atoms with Gasteiger partial charge >= 0.3 is 5.97 Å². The zero-order valence-corrected chi connectivity index (χ0v) is 18.2. The van der Waals surface area contributed by atoms with Gasteiger partial charge in [-0.25, -0.2) is 14.2 Å². The third kappa shape index (κ3) is 3.18. The Balaban J connectivity index is 1.83. The number of anilines is 1. The molecular formula is C24H23FN4O3. The maximum atomic E-state index is 15.0. The van der Waals surface area contributed by atoms with Crippen molar-refractivity contribution in [3.8, 4) is 5.69 Å². The highest BCUT2D eigenvalue weighted by molar-refractivity contribution is 6.05.